The van der Waals surface area contributed by atoms with Crippen LogP contribution < -0.4 is 10.6 Å². The van der Waals surface area contributed by atoms with E-state index in [1.807, 2.05) is 0 Å². The smallest absolute Gasteiger partial charge is 0.311 e. The molecule has 6 heteroatoms. The van der Waals surface area contributed by atoms with Gasteiger partial charge in [0, 0.05) is 43.3 Å². The number of hydrogen-bond donors (Lipinski definition) is 2. The van der Waals surface area contributed by atoms with Crippen LogP contribution in [0.4, 0.5) is 0 Å². The van der Waals surface area contributed by atoms with E-state index in [1.54, 1.807) is 4.90 Å². The molecule has 23 heavy (non-hydrogen) atoms. The number of carbonyl (C=O) groups is 2. The summed E-state index contributed by atoms with van der Waals surface area (Å²) in [4.78, 5) is 28.7. The highest BCUT2D eigenvalue weighted by Crippen LogP contribution is 2.28. The molecule has 2 N–H and O–H groups in total. The van der Waals surface area contributed by atoms with E-state index in [0.29, 0.717) is 13.1 Å². The largest absolute Gasteiger partial charge is 0.345 e. The van der Waals surface area contributed by atoms with E-state index in [1.165, 1.54) is 0 Å². The number of nitrogens with zero attached hydrogens (tertiary/aromatic N) is 2. The molecule has 132 valence electrons. The summed E-state index contributed by atoms with van der Waals surface area (Å²) in [6.07, 6.45) is 1.66. The minimum Gasteiger partial charge on any atom is -0.345 e. The van der Waals surface area contributed by atoms with Crippen molar-refractivity contribution in [3.05, 3.63) is 0 Å². The Labute approximate surface area is 140 Å². The molecule has 2 fully saturated rings. The van der Waals surface area contributed by atoms with Crippen molar-refractivity contribution in [3.8, 4) is 0 Å². The highest BCUT2D eigenvalue weighted by atomic mass is 16.2. The van der Waals surface area contributed by atoms with Crippen molar-refractivity contribution >= 4 is 11.8 Å². The van der Waals surface area contributed by atoms with E-state index in [0.717, 1.165) is 32.5 Å². The normalized spacial score (nSPS) is 25.2. The van der Waals surface area contributed by atoms with Gasteiger partial charge in [0.05, 0.1) is 0 Å². The van der Waals surface area contributed by atoms with Crippen molar-refractivity contribution in [2.45, 2.75) is 64.6 Å². The molecular formula is C17H32N4O2. The van der Waals surface area contributed by atoms with Crippen LogP contribution in [0.25, 0.3) is 0 Å². The van der Waals surface area contributed by atoms with Crippen LogP contribution in [0.5, 0.6) is 0 Å². The molecular weight excluding hydrogens is 292 g/mol. The lowest BCUT2D eigenvalue weighted by atomic mass is 9.79. The Balaban J connectivity index is 1.90. The van der Waals surface area contributed by atoms with Gasteiger partial charge in [0.2, 0.25) is 0 Å². The summed E-state index contributed by atoms with van der Waals surface area (Å²) in [7, 11) is 0. The van der Waals surface area contributed by atoms with Gasteiger partial charge in [0.15, 0.2) is 0 Å². The van der Waals surface area contributed by atoms with Gasteiger partial charge in [-0.05, 0) is 47.1 Å². The average molecular weight is 324 g/mol. The van der Waals surface area contributed by atoms with E-state index in [4.69, 9.17) is 0 Å². The van der Waals surface area contributed by atoms with Crippen molar-refractivity contribution in [2.24, 2.45) is 0 Å². The Hall–Kier alpha value is -1.14. The fraction of sp³-hybridized carbons (Fsp3) is 0.882. The van der Waals surface area contributed by atoms with Crippen LogP contribution in [0, 0.1) is 0 Å². The summed E-state index contributed by atoms with van der Waals surface area (Å²) in [5.74, 6) is -0.830. The predicted molar refractivity (Wildman–Crippen MR) is 91.2 cm³/mol. The molecule has 0 aliphatic carbocycles. The summed E-state index contributed by atoms with van der Waals surface area (Å²) >= 11 is 0. The molecule has 0 radical (unpaired) electrons. The van der Waals surface area contributed by atoms with Crippen LogP contribution in [-0.4, -0.2) is 71.5 Å². The first kappa shape index (κ1) is 18.2. The number of piperidine rings is 1. The zero-order valence-electron chi connectivity index (χ0n) is 15.2. The van der Waals surface area contributed by atoms with Crippen LogP contribution in [-0.2, 0) is 9.59 Å². The minimum absolute atomic E-state index is 0.0367. The molecule has 0 spiro atoms. The number of carbonyl (C=O) groups excluding carboxylic acids is 2. The minimum atomic E-state index is -0.451. The second-order valence-corrected chi connectivity index (χ2v) is 8.20. The van der Waals surface area contributed by atoms with Crippen LogP contribution >= 0.6 is 0 Å². The number of piperazine rings is 1. The van der Waals surface area contributed by atoms with Gasteiger partial charge in [-0.2, -0.15) is 0 Å². The second kappa shape index (κ2) is 6.77. The highest BCUT2D eigenvalue weighted by Gasteiger charge is 2.39. The molecule has 2 aliphatic rings. The summed E-state index contributed by atoms with van der Waals surface area (Å²) in [5, 5.41) is 6.56. The maximum absolute atomic E-state index is 12.4. The quantitative estimate of drug-likeness (QED) is 0.729. The summed E-state index contributed by atoms with van der Waals surface area (Å²) < 4.78 is 0. The lowest BCUT2D eigenvalue weighted by molar-refractivity contribution is -0.147. The third kappa shape index (κ3) is 4.91. The van der Waals surface area contributed by atoms with Crippen molar-refractivity contribution < 1.29 is 9.59 Å². The van der Waals surface area contributed by atoms with Gasteiger partial charge in [-0.15, -0.1) is 0 Å². The third-order valence-corrected chi connectivity index (χ3v) is 4.83. The number of likely N-dealkylation sites (N-methyl/N-ethyl adjacent to an activating group) is 1. The van der Waals surface area contributed by atoms with Crippen LogP contribution in [0.1, 0.15) is 47.5 Å². The van der Waals surface area contributed by atoms with Crippen molar-refractivity contribution in [3.63, 3.8) is 0 Å². The molecule has 0 aromatic carbocycles. The molecule has 2 saturated heterocycles. The molecule has 6 nitrogen and oxygen atoms in total. The van der Waals surface area contributed by atoms with Crippen molar-refractivity contribution in [1.29, 1.82) is 0 Å². The third-order valence-electron chi connectivity index (χ3n) is 4.83. The van der Waals surface area contributed by atoms with Crippen LogP contribution in [0.2, 0.25) is 0 Å². The van der Waals surface area contributed by atoms with Crippen molar-refractivity contribution in [1.82, 2.24) is 20.4 Å². The standard InChI is InChI=1S/C17H32N4O2/c1-6-20-7-9-21(10-8-20)15(23)14(22)18-13-11-16(2,3)19-17(4,5)12-13/h13,19H,6-12H2,1-5H3,(H,18,22). The van der Waals surface area contributed by atoms with Gasteiger partial charge in [-0.3, -0.25) is 9.59 Å². The average Bonchev–Trinajstić information content (AvgIpc) is 2.43. The molecule has 0 saturated carbocycles. The first-order chi connectivity index (χ1) is 10.6. The van der Waals surface area contributed by atoms with E-state index in [9.17, 15) is 9.59 Å². The Bertz CT molecular complexity index is 438. The van der Waals surface area contributed by atoms with Gasteiger partial charge in [-0.1, -0.05) is 6.92 Å². The Morgan fingerprint density at radius 2 is 1.57 bits per heavy atom. The van der Waals surface area contributed by atoms with Gasteiger partial charge < -0.3 is 20.4 Å². The summed E-state index contributed by atoms with van der Waals surface area (Å²) in [6.45, 7) is 14.6. The maximum Gasteiger partial charge on any atom is 0.311 e. The number of rotatable bonds is 2. The zero-order chi connectivity index (χ0) is 17.3. The molecule has 2 aliphatic heterocycles. The van der Waals surface area contributed by atoms with Crippen LogP contribution in [0.3, 0.4) is 0 Å². The van der Waals surface area contributed by atoms with Gasteiger partial charge in [-0.25, -0.2) is 0 Å². The summed E-state index contributed by atoms with van der Waals surface area (Å²) in [6, 6.07) is 0.0367. The van der Waals surface area contributed by atoms with E-state index < -0.39 is 5.91 Å². The van der Waals surface area contributed by atoms with Gasteiger partial charge in [0.1, 0.15) is 0 Å². The monoisotopic (exact) mass is 324 g/mol. The van der Waals surface area contributed by atoms with Gasteiger partial charge >= 0.3 is 11.8 Å². The van der Waals surface area contributed by atoms with Crippen molar-refractivity contribution in [2.75, 3.05) is 32.7 Å². The molecule has 0 atom stereocenters. The Morgan fingerprint density at radius 3 is 2.04 bits per heavy atom. The molecule has 2 rings (SSSR count). The number of nitrogens with one attached hydrogen (secondary N) is 2. The van der Waals surface area contributed by atoms with Crippen LogP contribution in [0.15, 0.2) is 0 Å². The first-order valence-electron chi connectivity index (χ1n) is 8.73. The van der Waals surface area contributed by atoms with E-state index >= 15 is 0 Å². The zero-order valence-corrected chi connectivity index (χ0v) is 15.2. The fourth-order valence-electron chi connectivity index (χ4n) is 4.08. The lowest BCUT2D eigenvalue weighted by Crippen LogP contribution is -2.63. The summed E-state index contributed by atoms with van der Waals surface area (Å²) in [5.41, 5.74) is -0.0923. The second-order valence-electron chi connectivity index (χ2n) is 8.20. The molecule has 0 aromatic rings. The molecule has 2 amide bonds. The highest BCUT2D eigenvalue weighted by molar-refractivity contribution is 6.35. The predicted octanol–water partition coefficient (Wildman–Crippen LogP) is 0.576. The SMILES string of the molecule is CCN1CCN(C(=O)C(=O)NC2CC(C)(C)NC(C)(C)C2)CC1. The topological polar surface area (TPSA) is 64.7 Å². The molecule has 0 unspecified atom stereocenters. The number of amides is 2. The molecule has 0 aromatic heterocycles. The molecule has 0 bridgehead atoms. The van der Waals surface area contributed by atoms with Gasteiger partial charge in [0.25, 0.3) is 0 Å². The Kier molecular flexibility index (Phi) is 5.36. The maximum atomic E-state index is 12.4. The van der Waals surface area contributed by atoms with E-state index in [2.05, 4.69) is 50.2 Å². The number of hydrogen-bond acceptors (Lipinski definition) is 4. The Morgan fingerprint density at radius 1 is 1.04 bits per heavy atom. The first-order valence-corrected chi connectivity index (χ1v) is 8.73. The molecule has 2 heterocycles. The van der Waals surface area contributed by atoms with E-state index in [-0.39, 0.29) is 23.0 Å². The fourth-order valence-corrected chi connectivity index (χ4v) is 4.08. The lowest BCUT2D eigenvalue weighted by Gasteiger charge is -2.46.